The van der Waals surface area contributed by atoms with Crippen molar-refractivity contribution in [3.05, 3.63) is 83.4 Å². The van der Waals surface area contributed by atoms with Crippen LogP contribution in [0.15, 0.2) is 66.7 Å². The van der Waals surface area contributed by atoms with E-state index in [0.717, 1.165) is 11.1 Å². The Hall–Kier alpha value is -3.47. The molecule has 0 bridgehead atoms. The van der Waals surface area contributed by atoms with E-state index in [9.17, 15) is 4.79 Å². The number of Topliss-reactive ketones (excluding diaryl/α,β-unsaturated/α-hetero) is 1. The first kappa shape index (κ1) is 20.3. The molecule has 0 aliphatic rings. The van der Waals surface area contributed by atoms with E-state index < -0.39 is 5.92 Å². The zero-order valence-corrected chi connectivity index (χ0v) is 17.0. The molecule has 0 fully saturated rings. The van der Waals surface area contributed by atoms with E-state index in [2.05, 4.69) is 0 Å². The summed E-state index contributed by atoms with van der Waals surface area (Å²) in [7, 11) is 6.31. The summed E-state index contributed by atoms with van der Waals surface area (Å²) in [6.07, 6.45) is 0. The van der Waals surface area contributed by atoms with Crippen molar-refractivity contribution in [3.8, 4) is 23.0 Å². The van der Waals surface area contributed by atoms with E-state index in [0.29, 0.717) is 28.6 Å². The van der Waals surface area contributed by atoms with Gasteiger partial charge in [0, 0.05) is 5.56 Å². The van der Waals surface area contributed by atoms with E-state index in [1.54, 1.807) is 40.6 Å². The lowest BCUT2D eigenvalue weighted by molar-refractivity contribution is 0.0973. The first-order valence-electron chi connectivity index (χ1n) is 9.16. The molecule has 0 N–H and O–H groups in total. The zero-order chi connectivity index (χ0) is 20.8. The highest BCUT2D eigenvalue weighted by Gasteiger charge is 2.26. The quantitative estimate of drug-likeness (QED) is 0.519. The minimum Gasteiger partial charge on any atom is -0.493 e. The predicted molar refractivity (Wildman–Crippen MR) is 112 cm³/mol. The van der Waals surface area contributed by atoms with E-state index in [-0.39, 0.29) is 5.78 Å². The molecule has 5 heteroatoms. The minimum absolute atomic E-state index is 0.0231. The summed E-state index contributed by atoms with van der Waals surface area (Å²) in [5.74, 6) is 1.78. The van der Waals surface area contributed by atoms with Crippen LogP contribution in [0.25, 0.3) is 0 Å². The van der Waals surface area contributed by atoms with Crippen molar-refractivity contribution in [1.82, 2.24) is 0 Å². The summed E-state index contributed by atoms with van der Waals surface area (Å²) in [6.45, 7) is 0. The highest BCUT2D eigenvalue weighted by atomic mass is 16.5. The lowest BCUT2D eigenvalue weighted by Gasteiger charge is -2.20. The van der Waals surface area contributed by atoms with Crippen molar-refractivity contribution < 1.29 is 23.7 Å². The Morgan fingerprint density at radius 2 is 1.07 bits per heavy atom. The van der Waals surface area contributed by atoms with Crippen LogP contribution in [0.4, 0.5) is 0 Å². The standard InChI is InChI=1S/C24H24O5/c1-26-19-12-10-17(14-21(19)28-3)23(24(25)16-8-6-5-7-9-16)18-11-13-20(27-2)22(15-18)29-4/h5-15,23H,1-4H3. The van der Waals surface area contributed by atoms with Gasteiger partial charge in [0.25, 0.3) is 0 Å². The fraction of sp³-hybridized carbons (Fsp3) is 0.208. The zero-order valence-electron chi connectivity index (χ0n) is 17.0. The van der Waals surface area contributed by atoms with Crippen LogP contribution in [0.1, 0.15) is 27.4 Å². The van der Waals surface area contributed by atoms with Crippen LogP contribution in [-0.2, 0) is 0 Å². The first-order chi connectivity index (χ1) is 14.1. The van der Waals surface area contributed by atoms with Crippen LogP contribution in [0.5, 0.6) is 23.0 Å². The molecule has 0 unspecified atom stereocenters. The van der Waals surface area contributed by atoms with Crippen LogP contribution >= 0.6 is 0 Å². The lowest BCUT2D eigenvalue weighted by Crippen LogP contribution is -2.15. The molecule has 5 nitrogen and oxygen atoms in total. The second-order valence-electron chi connectivity index (χ2n) is 6.39. The summed E-state index contributed by atoms with van der Waals surface area (Å²) in [6, 6.07) is 20.3. The maximum Gasteiger partial charge on any atom is 0.174 e. The molecule has 0 saturated carbocycles. The van der Waals surface area contributed by atoms with Crippen molar-refractivity contribution >= 4 is 5.78 Å². The minimum atomic E-state index is -0.544. The maximum absolute atomic E-state index is 13.5. The van der Waals surface area contributed by atoms with Gasteiger partial charge in [-0.05, 0) is 35.4 Å². The number of hydrogen-bond acceptors (Lipinski definition) is 5. The molecular formula is C24H24O5. The van der Waals surface area contributed by atoms with Crippen molar-refractivity contribution in [2.45, 2.75) is 5.92 Å². The van der Waals surface area contributed by atoms with Gasteiger partial charge in [0.05, 0.1) is 34.4 Å². The van der Waals surface area contributed by atoms with Crippen molar-refractivity contribution in [1.29, 1.82) is 0 Å². The number of methoxy groups -OCH3 is 4. The van der Waals surface area contributed by atoms with Gasteiger partial charge < -0.3 is 18.9 Å². The summed E-state index contributed by atoms with van der Waals surface area (Å²) < 4.78 is 21.6. The highest BCUT2D eigenvalue weighted by molar-refractivity contribution is 6.03. The lowest BCUT2D eigenvalue weighted by atomic mass is 9.84. The van der Waals surface area contributed by atoms with Gasteiger partial charge in [-0.15, -0.1) is 0 Å². The fourth-order valence-corrected chi connectivity index (χ4v) is 3.33. The molecule has 0 saturated heterocycles. The molecule has 0 atom stereocenters. The number of hydrogen-bond donors (Lipinski definition) is 0. The molecule has 29 heavy (non-hydrogen) atoms. The normalized spacial score (nSPS) is 10.5. The number of rotatable bonds is 8. The van der Waals surface area contributed by atoms with E-state index in [4.69, 9.17) is 18.9 Å². The third-order valence-corrected chi connectivity index (χ3v) is 4.80. The van der Waals surface area contributed by atoms with Gasteiger partial charge in [0.2, 0.25) is 0 Å². The van der Waals surface area contributed by atoms with Gasteiger partial charge in [-0.1, -0.05) is 42.5 Å². The Morgan fingerprint density at radius 1 is 0.621 bits per heavy atom. The highest BCUT2D eigenvalue weighted by Crippen LogP contribution is 2.38. The van der Waals surface area contributed by atoms with E-state index in [1.165, 1.54) is 0 Å². The SMILES string of the molecule is COc1ccc(C(C(=O)c2ccccc2)c2ccc(OC)c(OC)c2)cc1OC. The van der Waals surface area contributed by atoms with Gasteiger partial charge >= 0.3 is 0 Å². The predicted octanol–water partition coefficient (Wildman–Crippen LogP) is 4.74. The molecule has 3 aromatic rings. The fourth-order valence-electron chi connectivity index (χ4n) is 3.33. The second kappa shape index (κ2) is 9.15. The Labute approximate surface area is 170 Å². The van der Waals surface area contributed by atoms with Crippen LogP contribution in [-0.4, -0.2) is 34.2 Å². The Bertz CT molecular complexity index is 926. The van der Waals surface area contributed by atoms with Crippen LogP contribution in [0, 0.1) is 0 Å². The van der Waals surface area contributed by atoms with Gasteiger partial charge in [-0.25, -0.2) is 0 Å². The molecule has 3 rings (SSSR count). The van der Waals surface area contributed by atoms with Crippen LogP contribution < -0.4 is 18.9 Å². The van der Waals surface area contributed by atoms with Gasteiger partial charge in [-0.3, -0.25) is 4.79 Å². The Balaban J connectivity index is 2.16. The second-order valence-corrected chi connectivity index (χ2v) is 6.39. The topological polar surface area (TPSA) is 54.0 Å². The number of ketones is 1. The molecule has 0 aliphatic heterocycles. The number of benzene rings is 3. The maximum atomic E-state index is 13.5. The van der Waals surface area contributed by atoms with Crippen molar-refractivity contribution in [3.63, 3.8) is 0 Å². The molecule has 0 amide bonds. The van der Waals surface area contributed by atoms with Gasteiger partial charge in [-0.2, -0.15) is 0 Å². The van der Waals surface area contributed by atoms with Crippen molar-refractivity contribution in [2.24, 2.45) is 0 Å². The molecule has 0 aromatic heterocycles. The molecular weight excluding hydrogens is 368 g/mol. The molecule has 0 heterocycles. The van der Waals surface area contributed by atoms with Gasteiger partial charge in [0.1, 0.15) is 0 Å². The smallest absolute Gasteiger partial charge is 0.174 e. The third kappa shape index (κ3) is 4.19. The van der Waals surface area contributed by atoms with Crippen LogP contribution in [0.3, 0.4) is 0 Å². The molecule has 3 aromatic carbocycles. The Kier molecular flexibility index (Phi) is 6.39. The first-order valence-corrected chi connectivity index (χ1v) is 9.16. The number of carbonyl (C=O) groups is 1. The summed E-state index contributed by atoms with van der Waals surface area (Å²) in [5, 5.41) is 0. The average molecular weight is 392 g/mol. The van der Waals surface area contributed by atoms with Crippen molar-refractivity contribution in [2.75, 3.05) is 28.4 Å². The monoisotopic (exact) mass is 392 g/mol. The third-order valence-electron chi connectivity index (χ3n) is 4.80. The molecule has 0 spiro atoms. The summed E-state index contributed by atoms with van der Waals surface area (Å²) in [4.78, 5) is 13.5. The molecule has 0 aliphatic carbocycles. The molecule has 0 radical (unpaired) electrons. The van der Waals surface area contributed by atoms with E-state index in [1.807, 2.05) is 54.6 Å². The average Bonchev–Trinajstić information content (AvgIpc) is 2.79. The van der Waals surface area contributed by atoms with Crippen LogP contribution in [0.2, 0.25) is 0 Å². The van der Waals surface area contributed by atoms with Gasteiger partial charge in [0.15, 0.2) is 28.8 Å². The number of ether oxygens (including phenoxy) is 4. The number of carbonyl (C=O) groups excluding carboxylic acids is 1. The largest absolute Gasteiger partial charge is 0.493 e. The summed E-state index contributed by atoms with van der Waals surface area (Å²) in [5.41, 5.74) is 2.22. The Morgan fingerprint density at radius 3 is 1.48 bits per heavy atom. The van der Waals surface area contributed by atoms with E-state index >= 15 is 0 Å². The molecule has 150 valence electrons. The summed E-state index contributed by atoms with van der Waals surface area (Å²) >= 11 is 0.